The lowest BCUT2D eigenvalue weighted by molar-refractivity contribution is -0.387. The first-order valence-corrected chi connectivity index (χ1v) is 5.50. The Balaban J connectivity index is 2.84. The van der Waals surface area contributed by atoms with Crippen LogP contribution in [0.15, 0.2) is 12.1 Å². The maximum Gasteiger partial charge on any atom is 0.305 e. The molecule has 0 aliphatic heterocycles. The number of aliphatic hydroxyl groups is 1. The average molecular weight is 274 g/mol. The van der Waals surface area contributed by atoms with Crippen molar-refractivity contribution in [2.45, 2.75) is 12.8 Å². The molecule has 19 heavy (non-hydrogen) atoms. The van der Waals surface area contributed by atoms with Crippen molar-refractivity contribution in [1.82, 2.24) is 5.32 Å². The minimum atomic E-state index is -1.33. The lowest BCUT2D eigenvalue weighted by Gasteiger charge is -2.06. The van der Waals surface area contributed by atoms with Crippen molar-refractivity contribution in [3.63, 3.8) is 0 Å². The fourth-order valence-corrected chi connectivity index (χ4v) is 1.39. The number of benzene rings is 1. The fourth-order valence-electron chi connectivity index (χ4n) is 1.39. The third-order valence-electron chi connectivity index (χ3n) is 2.35. The molecule has 104 valence electrons. The number of unbranched alkanes of at least 4 members (excludes halogenated alkanes) is 1. The number of hydrogen-bond acceptors (Lipinski definition) is 4. The predicted molar refractivity (Wildman–Crippen MR) is 61.7 cm³/mol. The van der Waals surface area contributed by atoms with Gasteiger partial charge in [0.15, 0.2) is 0 Å². The monoisotopic (exact) mass is 274 g/mol. The van der Waals surface area contributed by atoms with Crippen molar-refractivity contribution in [3.05, 3.63) is 39.4 Å². The standard InChI is InChI=1S/C11H12F2N2O4/c12-8-6-9(13)10(15(18)19)5-7(8)11(17)14-3-1-2-4-16/h5-6,16H,1-4H2,(H,14,17). The molecule has 1 rings (SSSR count). The van der Waals surface area contributed by atoms with E-state index < -0.39 is 33.7 Å². The Bertz CT molecular complexity index is 494. The van der Waals surface area contributed by atoms with Gasteiger partial charge >= 0.3 is 5.69 Å². The first-order chi connectivity index (χ1) is 8.97. The second-order valence-electron chi connectivity index (χ2n) is 3.73. The Morgan fingerprint density at radius 1 is 1.32 bits per heavy atom. The molecule has 8 heteroatoms. The van der Waals surface area contributed by atoms with E-state index >= 15 is 0 Å². The minimum absolute atomic E-state index is 0.0355. The van der Waals surface area contributed by atoms with Crippen molar-refractivity contribution in [2.24, 2.45) is 0 Å². The lowest BCUT2D eigenvalue weighted by atomic mass is 10.1. The number of carbonyl (C=O) groups is 1. The molecule has 0 atom stereocenters. The zero-order valence-corrected chi connectivity index (χ0v) is 9.86. The highest BCUT2D eigenvalue weighted by Gasteiger charge is 2.21. The predicted octanol–water partition coefficient (Wildman–Crippen LogP) is 1.38. The topological polar surface area (TPSA) is 92.5 Å². The number of nitro benzene ring substituents is 1. The molecule has 2 N–H and O–H groups in total. The van der Waals surface area contributed by atoms with E-state index in [1.807, 2.05) is 0 Å². The summed E-state index contributed by atoms with van der Waals surface area (Å²) >= 11 is 0. The zero-order chi connectivity index (χ0) is 14.4. The summed E-state index contributed by atoms with van der Waals surface area (Å²) in [5.41, 5.74) is -1.54. The van der Waals surface area contributed by atoms with E-state index in [2.05, 4.69) is 5.32 Å². The molecule has 1 amide bonds. The molecule has 1 aromatic rings. The van der Waals surface area contributed by atoms with Gasteiger partial charge in [0.2, 0.25) is 5.82 Å². The van der Waals surface area contributed by atoms with E-state index in [4.69, 9.17) is 5.11 Å². The van der Waals surface area contributed by atoms with Gasteiger partial charge in [-0.1, -0.05) is 0 Å². The largest absolute Gasteiger partial charge is 0.396 e. The maximum atomic E-state index is 13.4. The molecule has 0 radical (unpaired) electrons. The Morgan fingerprint density at radius 3 is 2.58 bits per heavy atom. The molecule has 0 spiro atoms. The normalized spacial score (nSPS) is 10.3. The Labute approximate surface area is 107 Å². The van der Waals surface area contributed by atoms with Gasteiger partial charge in [0, 0.05) is 25.3 Å². The van der Waals surface area contributed by atoms with Crippen LogP contribution in [-0.2, 0) is 0 Å². The Kier molecular flexibility index (Phi) is 5.31. The van der Waals surface area contributed by atoms with E-state index in [1.54, 1.807) is 0 Å². The van der Waals surface area contributed by atoms with E-state index in [1.165, 1.54) is 0 Å². The second-order valence-corrected chi connectivity index (χ2v) is 3.73. The van der Waals surface area contributed by atoms with Gasteiger partial charge in [0.25, 0.3) is 5.91 Å². The van der Waals surface area contributed by atoms with E-state index in [0.29, 0.717) is 25.0 Å². The molecule has 0 saturated heterocycles. The van der Waals surface area contributed by atoms with Gasteiger partial charge in [-0.3, -0.25) is 14.9 Å². The van der Waals surface area contributed by atoms with E-state index in [9.17, 15) is 23.7 Å². The first-order valence-electron chi connectivity index (χ1n) is 5.50. The minimum Gasteiger partial charge on any atom is -0.396 e. The van der Waals surface area contributed by atoms with Crippen LogP contribution in [0.2, 0.25) is 0 Å². The summed E-state index contributed by atoms with van der Waals surface area (Å²) in [7, 11) is 0. The van der Waals surface area contributed by atoms with Crippen LogP contribution in [0.5, 0.6) is 0 Å². The van der Waals surface area contributed by atoms with Crippen LogP contribution in [0.3, 0.4) is 0 Å². The molecule has 0 fully saturated rings. The molecule has 0 aliphatic carbocycles. The average Bonchev–Trinajstić information content (AvgIpc) is 2.34. The summed E-state index contributed by atoms with van der Waals surface area (Å²) in [4.78, 5) is 21.0. The van der Waals surface area contributed by atoms with Gasteiger partial charge < -0.3 is 10.4 Å². The van der Waals surface area contributed by atoms with Crippen molar-refractivity contribution in [3.8, 4) is 0 Å². The van der Waals surface area contributed by atoms with Crippen LogP contribution in [0.4, 0.5) is 14.5 Å². The third kappa shape index (κ3) is 3.95. The van der Waals surface area contributed by atoms with Crippen LogP contribution in [0.25, 0.3) is 0 Å². The Hall–Kier alpha value is -2.09. The van der Waals surface area contributed by atoms with Gasteiger partial charge in [-0.15, -0.1) is 0 Å². The van der Waals surface area contributed by atoms with Crippen molar-refractivity contribution in [2.75, 3.05) is 13.2 Å². The van der Waals surface area contributed by atoms with Gasteiger partial charge in [0.05, 0.1) is 10.5 Å². The first kappa shape index (κ1) is 15.0. The second kappa shape index (κ2) is 6.74. The van der Waals surface area contributed by atoms with Gasteiger partial charge in [-0.2, -0.15) is 4.39 Å². The SMILES string of the molecule is O=C(NCCCCO)c1cc([N+](=O)[O-])c(F)cc1F. The summed E-state index contributed by atoms with van der Waals surface area (Å²) < 4.78 is 26.4. The quantitative estimate of drug-likeness (QED) is 0.465. The summed E-state index contributed by atoms with van der Waals surface area (Å²) in [5.74, 6) is -3.36. The van der Waals surface area contributed by atoms with Crippen LogP contribution in [-0.4, -0.2) is 29.1 Å². The highest BCUT2D eigenvalue weighted by atomic mass is 19.1. The Morgan fingerprint density at radius 2 is 2.00 bits per heavy atom. The molecule has 1 aromatic carbocycles. The molecular formula is C11H12F2N2O4. The summed E-state index contributed by atoms with van der Waals surface area (Å²) in [5, 5.41) is 21.3. The summed E-state index contributed by atoms with van der Waals surface area (Å²) in [6, 6.07) is 0.868. The number of nitrogens with zero attached hydrogens (tertiary/aromatic N) is 1. The van der Waals surface area contributed by atoms with Crippen molar-refractivity contribution < 1.29 is 23.6 Å². The number of rotatable bonds is 6. The van der Waals surface area contributed by atoms with Gasteiger partial charge in [0.1, 0.15) is 5.82 Å². The molecular weight excluding hydrogens is 262 g/mol. The molecule has 0 aromatic heterocycles. The summed E-state index contributed by atoms with van der Waals surface area (Å²) in [6.07, 6.45) is 0.944. The fraction of sp³-hybridized carbons (Fsp3) is 0.364. The highest BCUT2D eigenvalue weighted by molar-refractivity contribution is 5.95. The molecule has 0 heterocycles. The van der Waals surface area contributed by atoms with Crippen LogP contribution in [0.1, 0.15) is 23.2 Å². The molecule has 0 unspecified atom stereocenters. The number of halogens is 2. The number of hydrogen-bond donors (Lipinski definition) is 2. The van der Waals surface area contributed by atoms with E-state index in [-0.39, 0.29) is 13.2 Å². The maximum absolute atomic E-state index is 13.4. The smallest absolute Gasteiger partial charge is 0.305 e. The number of nitrogens with one attached hydrogen (secondary N) is 1. The molecule has 0 saturated carbocycles. The molecule has 0 bridgehead atoms. The summed E-state index contributed by atoms with van der Waals surface area (Å²) in [6.45, 7) is 0.149. The molecule has 0 aliphatic rings. The third-order valence-corrected chi connectivity index (χ3v) is 2.35. The van der Waals surface area contributed by atoms with Crippen molar-refractivity contribution >= 4 is 11.6 Å². The number of nitro groups is 1. The van der Waals surface area contributed by atoms with E-state index in [0.717, 1.165) is 0 Å². The van der Waals surface area contributed by atoms with Crippen LogP contribution >= 0.6 is 0 Å². The number of carbonyl (C=O) groups excluding carboxylic acids is 1. The number of amides is 1. The van der Waals surface area contributed by atoms with Gasteiger partial charge in [-0.05, 0) is 12.8 Å². The van der Waals surface area contributed by atoms with Crippen molar-refractivity contribution in [1.29, 1.82) is 0 Å². The van der Waals surface area contributed by atoms with Crippen LogP contribution < -0.4 is 5.32 Å². The van der Waals surface area contributed by atoms with Crippen LogP contribution in [0, 0.1) is 21.7 Å². The lowest BCUT2D eigenvalue weighted by Crippen LogP contribution is -2.25. The van der Waals surface area contributed by atoms with Gasteiger partial charge in [-0.25, -0.2) is 4.39 Å². The molecule has 6 nitrogen and oxygen atoms in total. The highest BCUT2D eigenvalue weighted by Crippen LogP contribution is 2.21. The zero-order valence-electron chi connectivity index (χ0n) is 9.86. The number of aliphatic hydroxyl groups excluding tert-OH is 1.